The number of carbonyl (C=O) groups is 1. The van der Waals surface area contributed by atoms with Gasteiger partial charge in [-0.1, -0.05) is 38.3 Å². The molecule has 2 aromatic carbocycles. The third kappa shape index (κ3) is 4.15. The smallest absolute Gasteiger partial charge is 0.269 e. The minimum atomic E-state index is -0.709. The Morgan fingerprint density at radius 2 is 1.88 bits per heavy atom. The van der Waals surface area contributed by atoms with Crippen LogP contribution in [0.4, 0.5) is 11.4 Å². The Morgan fingerprint density at radius 3 is 2.56 bits per heavy atom. The van der Waals surface area contributed by atoms with Crippen molar-refractivity contribution in [2.45, 2.75) is 50.9 Å². The van der Waals surface area contributed by atoms with Crippen molar-refractivity contribution >= 4 is 28.2 Å². The lowest BCUT2D eigenvalue weighted by Gasteiger charge is -2.36. The Hall–Kier alpha value is -3.48. The maximum absolute atomic E-state index is 13.7. The van der Waals surface area contributed by atoms with E-state index in [0.29, 0.717) is 36.4 Å². The predicted octanol–water partition coefficient (Wildman–Crippen LogP) is 5.77. The lowest BCUT2D eigenvalue weighted by Crippen LogP contribution is -2.42. The van der Waals surface area contributed by atoms with Crippen molar-refractivity contribution in [2.75, 3.05) is 11.9 Å². The lowest BCUT2D eigenvalue weighted by atomic mass is 9.68. The van der Waals surface area contributed by atoms with Gasteiger partial charge < -0.3 is 10.1 Å². The van der Waals surface area contributed by atoms with Gasteiger partial charge in [-0.15, -0.1) is 0 Å². The number of nitrogens with one attached hydrogen (secondary N) is 1. The molecule has 1 N–H and O–H groups in total. The summed E-state index contributed by atoms with van der Waals surface area (Å²) in [6.45, 7) is 2.65. The van der Waals surface area contributed by atoms with Crippen molar-refractivity contribution in [1.82, 2.24) is 4.98 Å². The molecule has 4 rings (SSSR count). The van der Waals surface area contributed by atoms with E-state index in [0.717, 1.165) is 36.6 Å². The zero-order valence-electron chi connectivity index (χ0n) is 18.2. The van der Waals surface area contributed by atoms with Gasteiger partial charge in [0, 0.05) is 23.7 Å². The molecule has 0 bridgehead atoms. The second-order valence-electron chi connectivity index (χ2n) is 8.26. The van der Waals surface area contributed by atoms with Gasteiger partial charge in [-0.25, -0.2) is 0 Å². The maximum Gasteiger partial charge on any atom is 0.269 e. The van der Waals surface area contributed by atoms with Crippen molar-refractivity contribution in [3.8, 4) is 5.75 Å². The maximum atomic E-state index is 13.7. The van der Waals surface area contributed by atoms with E-state index in [4.69, 9.17) is 4.74 Å². The molecule has 0 unspecified atom stereocenters. The summed E-state index contributed by atoms with van der Waals surface area (Å²) >= 11 is 0. The number of non-ortho nitro benzene ring substituents is 1. The van der Waals surface area contributed by atoms with Crippen LogP contribution >= 0.6 is 0 Å². The third-order valence-corrected chi connectivity index (χ3v) is 6.22. The molecule has 1 saturated carbocycles. The second-order valence-corrected chi connectivity index (χ2v) is 8.26. The van der Waals surface area contributed by atoms with Crippen molar-refractivity contribution in [2.24, 2.45) is 0 Å². The molecule has 32 heavy (non-hydrogen) atoms. The number of ether oxygens (including phenoxy) is 1. The summed E-state index contributed by atoms with van der Waals surface area (Å²) in [5.74, 6) is 0.613. The molecule has 1 heterocycles. The topological polar surface area (TPSA) is 94.4 Å². The monoisotopic (exact) mass is 433 g/mol. The van der Waals surface area contributed by atoms with Crippen LogP contribution in [-0.4, -0.2) is 22.4 Å². The molecule has 1 aromatic heterocycles. The number of hydrogen-bond donors (Lipinski definition) is 1. The first kappa shape index (κ1) is 21.7. The first-order valence-electron chi connectivity index (χ1n) is 11.1. The highest BCUT2D eigenvalue weighted by atomic mass is 16.6. The number of fused-ring (bicyclic) bond motifs is 1. The number of hydrogen-bond acceptors (Lipinski definition) is 5. The summed E-state index contributed by atoms with van der Waals surface area (Å²) in [4.78, 5) is 28.8. The van der Waals surface area contributed by atoms with Crippen LogP contribution in [0.25, 0.3) is 10.9 Å². The predicted molar refractivity (Wildman–Crippen MR) is 124 cm³/mol. The molecule has 1 aliphatic rings. The number of carbonyl (C=O) groups excluding carboxylic acids is 1. The number of amides is 1. The summed E-state index contributed by atoms with van der Waals surface area (Å²) < 4.78 is 5.83. The van der Waals surface area contributed by atoms with Gasteiger partial charge in [-0.2, -0.15) is 0 Å². The highest BCUT2D eigenvalue weighted by Gasteiger charge is 2.41. The van der Waals surface area contributed by atoms with Crippen LogP contribution in [0.5, 0.6) is 5.75 Å². The molecular weight excluding hydrogens is 406 g/mol. The van der Waals surface area contributed by atoms with E-state index in [1.165, 1.54) is 12.1 Å². The Bertz CT molecular complexity index is 1120. The van der Waals surface area contributed by atoms with Gasteiger partial charge in [0.2, 0.25) is 5.91 Å². The number of nitrogens with zero attached hydrogens (tertiary/aromatic N) is 2. The number of benzene rings is 2. The van der Waals surface area contributed by atoms with Gasteiger partial charge in [0.15, 0.2) is 0 Å². The molecule has 166 valence electrons. The van der Waals surface area contributed by atoms with E-state index < -0.39 is 10.3 Å². The van der Waals surface area contributed by atoms with Crippen LogP contribution in [0.3, 0.4) is 0 Å². The average Bonchev–Trinajstić information content (AvgIpc) is 2.84. The number of anilines is 1. The van der Waals surface area contributed by atoms with Gasteiger partial charge in [0.05, 0.1) is 22.6 Å². The minimum Gasteiger partial charge on any atom is -0.491 e. The molecular formula is C25H27N3O4. The molecule has 0 radical (unpaired) electrons. The molecule has 0 aliphatic heterocycles. The zero-order chi connectivity index (χ0) is 22.6. The van der Waals surface area contributed by atoms with Crippen LogP contribution in [0, 0.1) is 10.1 Å². The normalized spacial score (nSPS) is 15.3. The molecule has 1 aliphatic carbocycles. The van der Waals surface area contributed by atoms with Gasteiger partial charge in [0.25, 0.3) is 5.69 Å². The highest BCUT2D eigenvalue weighted by Crippen LogP contribution is 2.41. The molecule has 3 aromatic rings. The van der Waals surface area contributed by atoms with E-state index in [1.807, 2.05) is 31.2 Å². The Labute approximate surface area is 187 Å². The third-order valence-electron chi connectivity index (χ3n) is 6.22. The van der Waals surface area contributed by atoms with Crippen LogP contribution in [0.1, 0.15) is 51.0 Å². The average molecular weight is 434 g/mol. The number of aromatic nitrogens is 1. The first-order chi connectivity index (χ1) is 15.5. The number of pyridine rings is 1. The van der Waals surface area contributed by atoms with E-state index in [-0.39, 0.29) is 11.6 Å². The number of rotatable bonds is 7. The SMILES string of the molecule is CCCOc1ccc(NC(=O)C2(c3ccc([N+](=O)[O-])cc3)CCCCC2)c2cccnc12. The number of nitro benzene ring substituents is 1. The van der Waals surface area contributed by atoms with Crippen LogP contribution < -0.4 is 10.1 Å². The van der Waals surface area contributed by atoms with Crippen LogP contribution in [0.2, 0.25) is 0 Å². The van der Waals surface area contributed by atoms with Crippen molar-refractivity contribution in [3.63, 3.8) is 0 Å². The van der Waals surface area contributed by atoms with Crippen LogP contribution in [0.15, 0.2) is 54.7 Å². The summed E-state index contributed by atoms with van der Waals surface area (Å²) in [6, 6.07) is 13.9. The van der Waals surface area contributed by atoms with E-state index in [2.05, 4.69) is 10.3 Å². The van der Waals surface area contributed by atoms with Crippen molar-refractivity contribution < 1.29 is 14.5 Å². The molecule has 0 spiro atoms. The molecule has 7 heteroatoms. The zero-order valence-corrected chi connectivity index (χ0v) is 18.2. The lowest BCUT2D eigenvalue weighted by molar-refractivity contribution is -0.384. The highest BCUT2D eigenvalue weighted by molar-refractivity contribution is 6.06. The summed E-state index contributed by atoms with van der Waals surface area (Å²) in [5, 5.41) is 15.0. The Morgan fingerprint density at radius 1 is 1.12 bits per heavy atom. The summed E-state index contributed by atoms with van der Waals surface area (Å²) in [7, 11) is 0. The van der Waals surface area contributed by atoms with Gasteiger partial charge in [0.1, 0.15) is 11.3 Å². The fraction of sp³-hybridized carbons (Fsp3) is 0.360. The van der Waals surface area contributed by atoms with E-state index in [1.54, 1.807) is 18.3 Å². The molecule has 1 amide bonds. The quantitative estimate of drug-likeness (QED) is 0.377. The van der Waals surface area contributed by atoms with Gasteiger partial charge in [-0.05, 0) is 49.1 Å². The largest absolute Gasteiger partial charge is 0.491 e. The molecule has 7 nitrogen and oxygen atoms in total. The summed E-state index contributed by atoms with van der Waals surface area (Å²) in [5.41, 5.74) is 1.55. The fourth-order valence-electron chi connectivity index (χ4n) is 4.53. The number of nitro groups is 1. The molecule has 0 atom stereocenters. The Balaban J connectivity index is 1.69. The van der Waals surface area contributed by atoms with Gasteiger partial charge in [-0.3, -0.25) is 19.9 Å². The second kappa shape index (κ2) is 9.34. The van der Waals surface area contributed by atoms with Crippen LogP contribution in [-0.2, 0) is 10.2 Å². The first-order valence-corrected chi connectivity index (χ1v) is 11.1. The van der Waals surface area contributed by atoms with Crippen molar-refractivity contribution in [3.05, 3.63) is 70.4 Å². The minimum absolute atomic E-state index is 0.0276. The molecule has 1 fully saturated rings. The fourth-order valence-corrected chi connectivity index (χ4v) is 4.53. The van der Waals surface area contributed by atoms with Gasteiger partial charge >= 0.3 is 0 Å². The molecule has 0 saturated heterocycles. The standard InChI is InChI=1S/C25H27N3O4/c1-2-17-32-22-13-12-21(20-7-6-16-26-23(20)22)27-24(29)25(14-4-3-5-15-25)18-8-10-19(11-9-18)28(30)31/h6-13,16H,2-5,14-15,17H2,1H3,(H,27,29). The Kier molecular flexibility index (Phi) is 6.35. The van der Waals surface area contributed by atoms with E-state index in [9.17, 15) is 14.9 Å². The summed E-state index contributed by atoms with van der Waals surface area (Å²) in [6.07, 6.45) is 7.00. The van der Waals surface area contributed by atoms with Crippen molar-refractivity contribution in [1.29, 1.82) is 0 Å². The van der Waals surface area contributed by atoms with E-state index >= 15 is 0 Å².